The second-order valence-electron chi connectivity index (χ2n) is 5.28. The van der Waals surface area contributed by atoms with Gasteiger partial charge in [0.15, 0.2) is 0 Å². The molecule has 20 heavy (non-hydrogen) atoms. The summed E-state index contributed by atoms with van der Waals surface area (Å²) >= 11 is 0. The quantitative estimate of drug-likeness (QED) is 0.896. The van der Waals surface area contributed by atoms with E-state index in [-0.39, 0.29) is 11.8 Å². The topological polar surface area (TPSA) is 75.3 Å². The zero-order chi connectivity index (χ0) is 14.6. The molecule has 0 atom stereocenters. The second-order valence-corrected chi connectivity index (χ2v) is 7.03. The molecule has 0 aliphatic heterocycles. The summed E-state index contributed by atoms with van der Waals surface area (Å²) in [7, 11) is -3.31. The number of hydrogen-bond acceptors (Lipinski definition) is 3. The van der Waals surface area contributed by atoms with Crippen molar-refractivity contribution in [1.29, 1.82) is 0 Å². The fraction of sp³-hybridized carbons (Fsp3) is 0.500. The normalized spacial score (nSPS) is 16.6. The van der Waals surface area contributed by atoms with Gasteiger partial charge in [-0.25, -0.2) is 8.42 Å². The highest BCUT2D eigenvalue weighted by molar-refractivity contribution is 7.92. The van der Waals surface area contributed by atoms with Gasteiger partial charge in [-0.1, -0.05) is 25.3 Å². The number of rotatable bonds is 4. The van der Waals surface area contributed by atoms with Crippen molar-refractivity contribution in [3.05, 3.63) is 24.3 Å². The third-order valence-corrected chi connectivity index (χ3v) is 4.02. The second kappa shape index (κ2) is 6.26. The van der Waals surface area contributed by atoms with E-state index in [1.165, 1.54) is 6.42 Å². The SMILES string of the molecule is CS(=O)(=O)Nc1cccc(NC(=O)C2CCCCC2)c1. The molecule has 2 rings (SSSR count). The number of carbonyl (C=O) groups excluding carboxylic acids is 1. The van der Waals surface area contributed by atoms with Crippen molar-refractivity contribution in [1.82, 2.24) is 0 Å². The minimum atomic E-state index is -3.31. The van der Waals surface area contributed by atoms with Crippen molar-refractivity contribution < 1.29 is 13.2 Å². The molecule has 2 N–H and O–H groups in total. The summed E-state index contributed by atoms with van der Waals surface area (Å²) in [5.74, 6) is 0.108. The molecule has 1 aromatic carbocycles. The zero-order valence-corrected chi connectivity index (χ0v) is 12.4. The Balaban J connectivity index is 2.02. The molecule has 0 saturated heterocycles. The Hall–Kier alpha value is -1.56. The minimum absolute atomic E-state index is 0.0289. The molecule has 110 valence electrons. The lowest BCUT2D eigenvalue weighted by Gasteiger charge is -2.20. The fourth-order valence-electron chi connectivity index (χ4n) is 2.48. The van der Waals surface area contributed by atoms with Gasteiger partial charge in [0, 0.05) is 11.6 Å². The van der Waals surface area contributed by atoms with Gasteiger partial charge < -0.3 is 5.32 Å². The van der Waals surface area contributed by atoms with E-state index in [9.17, 15) is 13.2 Å². The molecular formula is C14H20N2O3S. The summed E-state index contributed by atoms with van der Waals surface area (Å²) < 4.78 is 24.8. The Morgan fingerprint density at radius 3 is 2.45 bits per heavy atom. The summed E-state index contributed by atoms with van der Waals surface area (Å²) in [6.45, 7) is 0. The van der Waals surface area contributed by atoms with E-state index in [4.69, 9.17) is 0 Å². The minimum Gasteiger partial charge on any atom is -0.326 e. The van der Waals surface area contributed by atoms with E-state index in [2.05, 4.69) is 10.0 Å². The first-order valence-corrected chi connectivity index (χ1v) is 8.72. The summed E-state index contributed by atoms with van der Waals surface area (Å²) in [5.41, 5.74) is 1.07. The average Bonchev–Trinajstić information content (AvgIpc) is 2.38. The number of hydrogen-bond donors (Lipinski definition) is 2. The van der Waals surface area contributed by atoms with Crippen molar-refractivity contribution in [2.75, 3.05) is 16.3 Å². The molecular weight excluding hydrogens is 276 g/mol. The highest BCUT2D eigenvalue weighted by atomic mass is 32.2. The molecule has 1 amide bonds. The van der Waals surface area contributed by atoms with Crippen molar-refractivity contribution >= 4 is 27.3 Å². The molecule has 1 saturated carbocycles. The molecule has 0 spiro atoms. The van der Waals surface area contributed by atoms with E-state index in [1.54, 1.807) is 24.3 Å². The highest BCUT2D eigenvalue weighted by Crippen LogP contribution is 2.25. The maximum absolute atomic E-state index is 12.1. The van der Waals surface area contributed by atoms with Crippen molar-refractivity contribution in [2.24, 2.45) is 5.92 Å². The Morgan fingerprint density at radius 1 is 1.15 bits per heavy atom. The number of nitrogens with one attached hydrogen (secondary N) is 2. The van der Waals surface area contributed by atoms with E-state index >= 15 is 0 Å². The van der Waals surface area contributed by atoms with Gasteiger partial charge in [-0.15, -0.1) is 0 Å². The molecule has 5 nitrogen and oxygen atoms in total. The number of sulfonamides is 1. The maximum Gasteiger partial charge on any atom is 0.229 e. The van der Waals surface area contributed by atoms with Crippen LogP contribution in [0.4, 0.5) is 11.4 Å². The van der Waals surface area contributed by atoms with Crippen LogP contribution in [-0.2, 0) is 14.8 Å². The van der Waals surface area contributed by atoms with Gasteiger partial charge >= 0.3 is 0 Å². The summed E-state index contributed by atoms with van der Waals surface area (Å²) in [6, 6.07) is 6.75. The predicted octanol–water partition coefficient (Wildman–Crippen LogP) is 2.58. The first-order chi connectivity index (χ1) is 9.44. The smallest absolute Gasteiger partial charge is 0.229 e. The van der Waals surface area contributed by atoms with E-state index < -0.39 is 10.0 Å². The summed E-state index contributed by atoms with van der Waals surface area (Å²) in [5, 5.41) is 2.86. The van der Waals surface area contributed by atoms with Crippen LogP contribution in [0.1, 0.15) is 32.1 Å². The lowest BCUT2D eigenvalue weighted by molar-refractivity contribution is -0.120. The summed E-state index contributed by atoms with van der Waals surface area (Å²) in [6.07, 6.45) is 6.39. The average molecular weight is 296 g/mol. The van der Waals surface area contributed by atoms with Gasteiger partial charge in [0.1, 0.15) is 0 Å². The van der Waals surface area contributed by atoms with Crippen molar-refractivity contribution in [3.8, 4) is 0 Å². The van der Waals surface area contributed by atoms with Crippen LogP contribution in [0.2, 0.25) is 0 Å². The molecule has 0 aromatic heterocycles. The Morgan fingerprint density at radius 2 is 1.80 bits per heavy atom. The van der Waals surface area contributed by atoms with Crippen molar-refractivity contribution in [3.63, 3.8) is 0 Å². The number of carbonyl (C=O) groups is 1. The monoisotopic (exact) mass is 296 g/mol. The van der Waals surface area contributed by atoms with Crippen LogP contribution < -0.4 is 10.0 Å². The number of anilines is 2. The lowest BCUT2D eigenvalue weighted by atomic mass is 9.88. The van der Waals surface area contributed by atoms with Crippen LogP contribution in [0.5, 0.6) is 0 Å². The van der Waals surface area contributed by atoms with Crippen LogP contribution in [0, 0.1) is 5.92 Å². The molecule has 1 fully saturated rings. The highest BCUT2D eigenvalue weighted by Gasteiger charge is 2.21. The van der Waals surface area contributed by atoms with Crippen LogP contribution in [0.3, 0.4) is 0 Å². The number of amides is 1. The van der Waals surface area contributed by atoms with E-state index in [1.807, 2.05) is 0 Å². The van der Waals surface area contributed by atoms with Gasteiger partial charge in [0.05, 0.1) is 11.9 Å². The van der Waals surface area contributed by atoms with Crippen LogP contribution in [0.15, 0.2) is 24.3 Å². The van der Waals surface area contributed by atoms with Gasteiger partial charge in [-0.2, -0.15) is 0 Å². The van der Waals surface area contributed by atoms with E-state index in [0.717, 1.165) is 31.9 Å². The van der Waals surface area contributed by atoms with Gasteiger partial charge in [-0.3, -0.25) is 9.52 Å². The zero-order valence-electron chi connectivity index (χ0n) is 11.6. The first-order valence-electron chi connectivity index (χ1n) is 6.83. The first kappa shape index (κ1) is 14.8. The number of benzene rings is 1. The molecule has 0 heterocycles. The molecule has 1 aliphatic rings. The standard InChI is InChI=1S/C14H20N2O3S/c1-20(18,19)16-13-9-5-8-12(10-13)15-14(17)11-6-3-2-4-7-11/h5,8-11,16H,2-4,6-7H2,1H3,(H,15,17). The largest absolute Gasteiger partial charge is 0.326 e. The van der Waals surface area contributed by atoms with Gasteiger partial charge in [-0.05, 0) is 31.0 Å². The molecule has 0 radical (unpaired) electrons. The van der Waals surface area contributed by atoms with Crippen LogP contribution in [0.25, 0.3) is 0 Å². The van der Waals surface area contributed by atoms with Crippen molar-refractivity contribution in [2.45, 2.75) is 32.1 Å². The predicted molar refractivity (Wildman–Crippen MR) is 80.1 cm³/mol. The van der Waals surface area contributed by atoms with E-state index in [0.29, 0.717) is 11.4 Å². The van der Waals surface area contributed by atoms with Gasteiger partial charge in [0.2, 0.25) is 15.9 Å². The molecule has 1 aromatic rings. The Bertz CT molecular complexity index is 578. The molecule has 0 bridgehead atoms. The lowest BCUT2D eigenvalue weighted by Crippen LogP contribution is -2.24. The van der Waals surface area contributed by atoms with Gasteiger partial charge in [0.25, 0.3) is 0 Å². The van der Waals surface area contributed by atoms with Crippen LogP contribution >= 0.6 is 0 Å². The maximum atomic E-state index is 12.1. The third kappa shape index (κ3) is 4.52. The van der Waals surface area contributed by atoms with Crippen LogP contribution in [-0.4, -0.2) is 20.6 Å². The molecule has 1 aliphatic carbocycles. The fourth-order valence-corrected chi connectivity index (χ4v) is 3.04. The molecule has 0 unspecified atom stereocenters. The Labute approximate surface area is 119 Å². The third-order valence-electron chi connectivity index (χ3n) is 3.41. The molecule has 6 heteroatoms. The Kier molecular flexibility index (Phi) is 4.65. The summed E-state index contributed by atoms with van der Waals surface area (Å²) in [4.78, 5) is 12.1.